The summed E-state index contributed by atoms with van der Waals surface area (Å²) < 4.78 is 38.6. The standard InChI is InChI=1S/C20H20F3N3O4/c1-4-25-9-12-13-14(17(29)24(3)16(13)28)19(2,18(25)30)26(12)15(27)10-5-7-11(8-6-10)20(21,22)23/h5-8,12-14H,4,9H2,1-3H3/t12?,13?,14?,19-/m1/s1. The number of likely N-dealkylation sites (N-methyl/N-ethyl adjacent to an activating group) is 1. The van der Waals surface area contributed by atoms with Crippen molar-refractivity contribution >= 4 is 23.6 Å². The average Bonchev–Trinajstić information content (AvgIpc) is 3.06. The number of piperazine rings is 1. The van der Waals surface area contributed by atoms with Gasteiger partial charge in [0.15, 0.2) is 0 Å². The van der Waals surface area contributed by atoms with Crippen LogP contribution in [0.4, 0.5) is 13.2 Å². The fourth-order valence-electron chi connectivity index (χ4n) is 5.10. The van der Waals surface area contributed by atoms with Gasteiger partial charge in [0, 0.05) is 25.7 Å². The summed E-state index contributed by atoms with van der Waals surface area (Å²) >= 11 is 0. The number of likely N-dealkylation sites (tertiary alicyclic amines) is 2. The first kappa shape index (κ1) is 20.4. The summed E-state index contributed by atoms with van der Waals surface area (Å²) in [7, 11) is 1.35. The second kappa shape index (κ2) is 6.29. The van der Waals surface area contributed by atoms with Crippen LogP contribution in [0.5, 0.6) is 0 Å². The van der Waals surface area contributed by atoms with Gasteiger partial charge < -0.3 is 9.80 Å². The quantitative estimate of drug-likeness (QED) is 0.674. The van der Waals surface area contributed by atoms with Crippen molar-refractivity contribution in [3.8, 4) is 0 Å². The number of alkyl halides is 3. The Labute approximate surface area is 170 Å². The number of halogens is 3. The molecule has 4 amide bonds. The number of carbonyl (C=O) groups is 4. The monoisotopic (exact) mass is 423 g/mol. The highest BCUT2D eigenvalue weighted by Crippen LogP contribution is 2.52. The van der Waals surface area contributed by atoms with Crippen LogP contribution in [0.15, 0.2) is 24.3 Å². The van der Waals surface area contributed by atoms with E-state index in [0.29, 0.717) is 6.54 Å². The van der Waals surface area contributed by atoms with E-state index in [-0.39, 0.29) is 12.1 Å². The molecule has 0 spiro atoms. The molecular weight excluding hydrogens is 403 g/mol. The molecule has 7 nitrogen and oxygen atoms in total. The summed E-state index contributed by atoms with van der Waals surface area (Å²) in [6, 6.07) is 2.97. The summed E-state index contributed by atoms with van der Waals surface area (Å²) in [6.07, 6.45) is -4.55. The highest BCUT2D eigenvalue weighted by Gasteiger charge is 2.73. The van der Waals surface area contributed by atoms with Gasteiger partial charge in [-0.15, -0.1) is 0 Å². The van der Waals surface area contributed by atoms with Crippen LogP contribution in [0, 0.1) is 11.8 Å². The fourth-order valence-corrected chi connectivity index (χ4v) is 5.10. The molecule has 10 heteroatoms. The van der Waals surface area contributed by atoms with Crippen LogP contribution in [0.1, 0.15) is 29.8 Å². The zero-order chi connectivity index (χ0) is 22.2. The second-order valence-corrected chi connectivity index (χ2v) is 8.05. The van der Waals surface area contributed by atoms with Crippen molar-refractivity contribution in [2.45, 2.75) is 31.6 Å². The molecule has 0 saturated carbocycles. The van der Waals surface area contributed by atoms with Crippen LogP contribution in [0.25, 0.3) is 0 Å². The van der Waals surface area contributed by atoms with Gasteiger partial charge in [-0.25, -0.2) is 0 Å². The van der Waals surface area contributed by atoms with Gasteiger partial charge >= 0.3 is 6.18 Å². The van der Waals surface area contributed by atoms with E-state index < -0.39 is 58.8 Å². The normalized spacial score (nSPS) is 30.9. The van der Waals surface area contributed by atoms with E-state index >= 15 is 0 Å². The summed E-state index contributed by atoms with van der Waals surface area (Å²) in [5.41, 5.74) is -2.52. The minimum atomic E-state index is -4.55. The van der Waals surface area contributed by atoms with E-state index in [1.807, 2.05) is 0 Å². The Kier molecular flexibility index (Phi) is 4.27. The lowest BCUT2D eigenvalue weighted by atomic mass is 9.81. The molecule has 1 aromatic rings. The molecule has 30 heavy (non-hydrogen) atoms. The van der Waals surface area contributed by atoms with Crippen LogP contribution in [-0.2, 0) is 20.6 Å². The average molecular weight is 423 g/mol. The Bertz CT molecular complexity index is 961. The lowest BCUT2D eigenvalue weighted by molar-refractivity contribution is -0.154. The van der Waals surface area contributed by atoms with Crippen molar-refractivity contribution in [2.24, 2.45) is 11.8 Å². The Hall–Kier alpha value is -2.91. The number of amides is 4. The third kappa shape index (κ3) is 2.45. The van der Waals surface area contributed by atoms with Gasteiger partial charge in [-0.05, 0) is 38.1 Å². The Morgan fingerprint density at radius 2 is 1.73 bits per heavy atom. The van der Waals surface area contributed by atoms with E-state index in [2.05, 4.69) is 0 Å². The molecule has 3 heterocycles. The maximum Gasteiger partial charge on any atom is 0.416 e. The Morgan fingerprint density at radius 1 is 1.13 bits per heavy atom. The zero-order valence-electron chi connectivity index (χ0n) is 16.6. The SMILES string of the molecule is CCN1CC2C3C(=O)N(C)C(=O)C3[C@](C)(C1=O)N2C(=O)c1ccc(C(F)(F)F)cc1. The minimum absolute atomic E-state index is 0.0369. The van der Waals surface area contributed by atoms with Crippen LogP contribution in [-0.4, -0.2) is 70.0 Å². The molecule has 3 fully saturated rings. The topological polar surface area (TPSA) is 78.0 Å². The fraction of sp³-hybridized carbons (Fsp3) is 0.500. The number of nitrogens with zero attached hydrogens (tertiary/aromatic N) is 3. The molecule has 3 saturated heterocycles. The lowest BCUT2D eigenvalue weighted by Crippen LogP contribution is -2.68. The summed E-state index contributed by atoms with van der Waals surface area (Å²) in [6.45, 7) is 3.68. The highest BCUT2D eigenvalue weighted by atomic mass is 19.4. The molecule has 3 aliphatic rings. The molecule has 3 unspecified atom stereocenters. The lowest BCUT2D eigenvalue weighted by Gasteiger charge is -2.47. The van der Waals surface area contributed by atoms with Gasteiger partial charge in [-0.2, -0.15) is 13.2 Å². The van der Waals surface area contributed by atoms with Gasteiger partial charge in [0.2, 0.25) is 17.7 Å². The van der Waals surface area contributed by atoms with E-state index in [4.69, 9.17) is 0 Å². The molecule has 0 aromatic heterocycles. The van der Waals surface area contributed by atoms with Crippen molar-refractivity contribution in [2.75, 3.05) is 20.1 Å². The van der Waals surface area contributed by atoms with Crippen LogP contribution < -0.4 is 0 Å². The zero-order valence-corrected chi connectivity index (χ0v) is 16.6. The van der Waals surface area contributed by atoms with Crippen LogP contribution in [0.2, 0.25) is 0 Å². The first-order valence-electron chi connectivity index (χ1n) is 9.56. The number of carbonyl (C=O) groups excluding carboxylic acids is 4. The molecule has 4 rings (SSSR count). The molecule has 0 N–H and O–H groups in total. The molecule has 0 aliphatic carbocycles. The number of fused-ring (bicyclic) bond motifs is 5. The predicted octanol–water partition coefficient (Wildman–Crippen LogP) is 1.38. The van der Waals surface area contributed by atoms with Gasteiger partial charge in [-0.1, -0.05) is 0 Å². The number of benzene rings is 1. The van der Waals surface area contributed by atoms with Crippen LogP contribution >= 0.6 is 0 Å². The van der Waals surface area contributed by atoms with Crippen molar-refractivity contribution in [3.05, 3.63) is 35.4 Å². The summed E-state index contributed by atoms with van der Waals surface area (Å²) in [5, 5.41) is 0. The largest absolute Gasteiger partial charge is 0.416 e. The van der Waals surface area contributed by atoms with Crippen molar-refractivity contribution in [1.29, 1.82) is 0 Å². The first-order chi connectivity index (χ1) is 13.9. The molecule has 2 bridgehead atoms. The molecule has 3 aliphatic heterocycles. The van der Waals surface area contributed by atoms with E-state index in [0.717, 1.165) is 29.2 Å². The van der Waals surface area contributed by atoms with E-state index in [9.17, 15) is 32.3 Å². The smallest absolute Gasteiger partial charge is 0.339 e. The van der Waals surface area contributed by atoms with Crippen molar-refractivity contribution in [1.82, 2.24) is 14.7 Å². The third-order valence-electron chi connectivity index (χ3n) is 6.61. The molecule has 1 aromatic carbocycles. The van der Waals surface area contributed by atoms with E-state index in [1.165, 1.54) is 23.8 Å². The number of hydrogen-bond acceptors (Lipinski definition) is 4. The van der Waals surface area contributed by atoms with Gasteiger partial charge in [0.25, 0.3) is 5.91 Å². The van der Waals surface area contributed by atoms with Crippen molar-refractivity contribution in [3.63, 3.8) is 0 Å². The number of hydrogen-bond donors (Lipinski definition) is 0. The summed E-state index contributed by atoms with van der Waals surface area (Å²) in [4.78, 5) is 55.9. The van der Waals surface area contributed by atoms with Gasteiger partial charge in [-0.3, -0.25) is 24.1 Å². The molecular formula is C20H20F3N3O4. The predicted molar refractivity (Wildman–Crippen MR) is 96.8 cm³/mol. The minimum Gasteiger partial charge on any atom is -0.339 e. The molecule has 160 valence electrons. The number of rotatable bonds is 2. The van der Waals surface area contributed by atoms with Gasteiger partial charge in [0.05, 0.1) is 23.4 Å². The number of imide groups is 1. The Morgan fingerprint density at radius 3 is 2.27 bits per heavy atom. The first-order valence-corrected chi connectivity index (χ1v) is 9.56. The van der Waals surface area contributed by atoms with Crippen LogP contribution in [0.3, 0.4) is 0 Å². The third-order valence-corrected chi connectivity index (χ3v) is 6.61. The second-order valence-electron chi connectivity index (χ2n) is 8.05. The highest BCUT2D eigenvalue weighted by molar-refractivity contribution is 6.13. The molecule has 4 atom stereocenters. The van der Waals surface area contributed by atoms with Crippen molar-refractivity contribution < 1.29 is 32.3 Å². The maximum absolute atomic E-state index is 13.3. The van der Waals surface area contributed by atoms with E-state index in [1.54, 1.807) is 6.92 Å². The van der Waals surface area contributed by atoms with Gasteiger partial charge in [0.1, 0.15) is 5.54 Å². The molecule has 0 radical (unpaired) electrons. The Balaban J connectivity index is 1.79. The summed E-state index contributed by atoms with van der Waals surface area (Å²) in [5.74, 6) is -3.95. The maximum atomic E-state index is 13.3.